The van der Waals surface area contributed by atoms with Gasteiger partial charge in [0.1, 0.15) is 12.1 Å². The highest BCUT2D eigenvalue weighted by Crippen LogP contribution is 2.65. The molecule has 1 saturated heterocycles. The summed E-state index contributed by atoms with van der Waals surface area (Å²) in [5, 5.41) is 11.0. The number of likely N-dealkylation sites (tertiary alicyclic amines) is 1. The summed E-state index contributed by atoms with van der Waals surface area (Å²) in [6.45, 7) is 13.5. The normalized spacial score (nSPS) is 22.7. The molecule has 50 heavy (non-hydrogen) atoms. The van der Waals surface area contributed by atoms with Crippen LogP contribution in [-0.4, -0.2) is 85.4 Å². The monoisotopic (exact) mass is 713 g/mol. The number of carbonyl (C=O) groups excluding carboxylic acids is 5. The van der Waals surface area contributed by atoms with Crippen molar-refractivity contribution in [3.05, 3.63) is 48.6 Å². The molecule has 1 aliphatic heterocycles. The third kappa shape index (κ3) is 9.95. The molecular weight excluding hydrogens is 659 g/mol. The van der Waals surface area contributed by atoms with Gasteiger partial charge in [-0.15, -0.1) is 6.58 Å². The largest absolute Gasteiger partial charge is 0.348 e. The Morgan fingerprint density at radius 1 is 1.02 bits per heavy atom. The summed E-state index contributed by atoms with van der Waals surface area (Å²) in [6, 6.07) is 5.34. The second-order valence-electron chi connectivity index (χ2n) is 15.7. The van der Waals surface area contributed by atoms with Gasteiger partial charge in [-0.3, -0.25) is 19.2 Å². The number of hydrogen-bond acceptors (Lipinski definition) is 7. The molecule has 3 aliphatic rings. The number of ketones is 1. The molecule has 2 saturated carbocycles. The van der Waals surface area contributed by atoms with Gasteiger partial charge in [-0.1, -0.05) is 69.5 Å². The summed E-state index contributed by atoms with van der Waals surface area (Å²) >= 11 is 0. The summed E-state index contributed by atoms with van der Waals surface area (Å²) < 4.78 is 25.2. The van der Waals surface area contributed by atoms with E-state index in [1.165, 1.54) is 0 Å². The standard InChI is InChI=1S/C37H55N5O7S/c1-7-8-19-27(31(43)33(45)38-20-21-50(48,49)23-24-15-11-9-12-16-24)39-32(44)30-28-26(37(28,5)6)22-42(30)34(46)29(25-17-13-10-14-18-25)40-35(47)41-36(2,3)4/h7,9,11-12,15-16,25-30H,1,8,10,13-14,17-23H2,2-6H3,(H,38,45)(H,39,44)(H2,40,41,47)/t26-,27-,28-,29-,30-/m0/s1. The molecule has 0 unspecified atom stereocenters. The molecule has 1 aromatic rings. The van der Waals surface area contributed by atoms with E-state index in [9.17, 15) is 32.4 Å². The van der Waals surface area contributed by atoms with Gasteiger partial charge in [-0.05, 0) is 75.2 Å². The quantitative estimate of drug-likeness (QED) is 0.160. The Kier molecular flexibility index (Phi) is 12.6. The molecule has 276 valence electrons. The maximum absolute atomic E-state index is 14.4. The van der Waals surface area contributed by atoms with Gasteiger partial charge in [0.2, 0.25) is 17.6 Å². The van der Waals surface area contributed by atoms with Crippen LogP contribution in [-0.2, 0) is 34.8 Å². The van der Waals surface area contributed by atoms with Crippen LogP contribution in [0.5, 0.6) is 0 Å². The minimum atomic E-state index is -3.56. The molecule has 12 nitrogen and oxygen atoms in total. The third-order valence-corrected chi connectivity index (χ3v) is 12.0. The SMILES string of the molecule is C=CCC[C@H](NC(=O)[C@@H]1[C@@H]2[C@H](CN1C(=O)[C@@H](NC(=O)NC(C)(C)C)C1CCCCC1)C2(C)C)C(=O)C(=O)NCCS(=O)(=O)Cc1ccccc1. The first-order chi connectivity index (χ1) is 23.4. The number of nitrogens with zero attached hydrogens (tertiary/aromatic N) is 1. The van der Waals surface area contributed by atoms with Gasteiger partial charge in [0.25, 0.3) is 5.91 Å². The number of urea groups is 1. The van der Waals surface area contributed by atoms with E-state index in [0.29, 0.717) is 18.5 Å². The molecule has 0 radical (unpaired) electrons. The lowest BCUT2D eigenvalue weighted by molar-refractivity contribution is -0.144. The number of fused-ring (bicyclic) bond motifs is 1. The van der Waals surface area contributed by atoms with Crippen molar-refractivity contribution >= 4 is 39.4 Å². The minimum Gasteiger partial charge on any atom is -0.348 e. The molecule has 5 amide bonds. The number of allylic oxidation sites excluding steroid dienone is 1. The van der Waals surface area contributed by atoms with Gasteiger partial charge in [0, 0.05) is 18.6 Å². The Labute approximate surface area is 296 Å². The van der Waals surface area contributed by atoms with Gasteiger partial charge in [0.15, 0.2) is 9.84 Å². The van der Waals surface area contributed by atoms with Crippen molar-refractivity contribution in [3.8, 4) is 0 Å². The van der Waals surface area contributed by atoms with E-state index in [1.54, 1.807) is 41.3 Å². The number of piperidine rings is 1. The van der Waals surface area contributed by atoms with Crippen molar-refractivity contribution in [3.63, 3.8) is 0 Å². The third-order valence-electron chi connectivity index (χ3n) is 10.4. The van der Waals surface area contributed by atoms with Crippen LogP contribution in [0.4, 0.5) is 4.79 Å². The number of hydrogen-bond donors (Lipinski definition) is 4. The molecule has 1 aromatic carbocycles. The number of sulfone groups is 1. The Hall–Kier alpha value is -3.74. The minimum absolute atomic E-state index is 0.0704. The maximum Gasteiger partial charge on any atom is 0.315 e. The lowest BCUT2D eigenvalue weighted by Gasteiger charge is -2.37. The van der Waals surface area contributed by atoms with Gasteiger partial charge < -0.3 is 26.2 Å². The fourth-order valence-electron chi connectivity index (χ4n) is 7.63. The highest BCUT2D eigenvalue weighted by Gasteiger charge is 2.69. The average molecular weight is 714 g/mol. The van der Waals surface area contributed by atoms with Crippen molar-refractivity contribution in [2.45, 2.75) is 109 Å². The average Bonchev–Trinajstić information content (AvgIpc) is 3.35. The predicted molar refractivity (Wildman–Crippen MR) is 191 cm³/mol. The first-order valence-corrected chi connectivity index (χ1v) is 19.6. The number of Topliss-reactive ketones (excluding diaryl/α,β-unsaturated/α-hetero) is 1. The smallest absolute Gasteiger partial charge is 0.315 e. The fraction of sp³-hybridized carbons (Fsp3) is 0.649. The lowest BCUT2D eigenvalue weighted by Crippen LogP contribution is -2.61. The zero-order chi connectivity index (χ0) is 36.9. The number of amides is 5. The Morgan fingerprint density at radius 2 is 1.68 bits per heavy atom. The molecule has 3 fully saturated rings. The van der Waals surface area contributed by atoms with Crippen molar-refractivity contribution in [2.75, 3.05) is 18.8 Å². The van der Waals surface area contributed by atoms with Gasteiger partial charge in [0.05, 0.1) is 17.5 Å². The highest BCUT2D eigenvalue weighted by atomic mass is 32.2. The first kappa shape index (κ1) is 39.1. The molecular formula is C37H55N5O7S. The fourth-order valence-corrected chi connectivity index (χ4v) is 8.89. The Bertz CT molecular complexity index is 1530. The number of rotatable bonds is 15. The predicted octanol–water partition coefficient (Wildman–Crippen LogP) is 3.27. The summed E-state index contributed by atoms with van der Waals surface area (Å²) in [5.41, 5.74) is -0.0993. The molecule has 4 rings (SSSR count). The van der Waals surface area contributed by atoms with Crippen LogP contribution in [0.2, 0.25) is 0 Å². The summed E-state index contributed by atoms with van der Waals surface area (Å²) in [7, 11) is -3.56. The lowest BCUT2D eigenvalue weighted by atomic mass is 9.83. The first-order valence-electron chi connectivity index (χ1n) is 17.8. The van der Waals surface area contributed by atoms with Gasteiger partial charge in [-0.2, -0.15) is 0 Å². The van der Waals surface area contributed by atoms with Crippen molar-refractivity contribution in [1.29, 1.82) is 0 Å². The van der Waals surface area contributed by atoms with E-state index < -0.39 is 57.1 Å². The zero-order valence-electron chi connectivity index (χ0n) is 30.1. The maximum atomic E-state index is 14.4. The van der Waals surface area contributed by atoms with E-state index >= 15 is 0 Å². The van der Waals surface area contributed by atoms with Crippen LogP contribution >= 0.6 is 0 Å². The Balaban J connectivity index is 1.46. The van der Waals surface area contributed by atoms with Gasteiger partial charge in [-0.25, -0.2) is 13.2 Å². The highest BCUT2D eigenvalue weighted by molar-refractivity contribution is 7.90. The van der Waals surface area contributed by atoms with Crippen LogP contribution in [0.3, 0.4) is 0 Å². The molecule has 0 bridgehead atoms. The van der Waals surface area contributed by atoms with Crippen LogP contribution in [0.1, 0.15) is 85.1 Å². The Morgan fingerprint density at radius 3 is 2.30 bits per heavy atom. The van der Waals surface area contributed by atoms with Crippen molar-refractivity contribution in [2.24, 2.45) is 23.2 Å². The van der Waals surface area contributed by atoms with Crippen LogP contribution in [0.25, 0.3) is 0 Å². The van der Waals surface area contributed by atoms with E-state index in [4.69, 9.17) is 0 Å². The second-order valence-corrected chi connectivity index (χ2v) is 17.9. The van der Waals surface area contributed by atoms with Crippen LogP contribution < -0.4 is 21.3 Å². The van der Waals surface area contributed by atoms with E-state index in [2.05, 4.69) is 41.7 Å². The molecule has 13 heteroatoms. The summed E-state index contributed by atoms with van der Waals surface area (Å²) in [4.78, 5) is 69.4. The summed E-state index contributed by atoms with van der Waals surface area (Å²) in [6.07, 6.45) is 6.56. The van der Waals surface area contributed by atoms with E-state index in [0.717, 1.165) is 32.1 Å². The second kappa shape index (κ2) is 16.1. The molecule has 4 N–H and O–H groups in total. The topological polar surface area (TPSA) is 171 Å². The zero-order valence-corrected chi connectivity index (χ0v) is 30.9. The van der Waals surface area contributed by atoms with Gasteiger partial charge >= 0.3 is 6.03 Å². The van der Waals surface area contributed by atoms with E-state index in [1.807, 2.05) is 20.8 Å². The number of benzene rings is 1. The van der Waals surface area contributed by atoms with Crippen molar-refractivity contribution in [1.82, 2.24) is 26.2 Å². The molecule has 1 heterocycles. The molecule has 5 atom stereocenters. The summed E-state index contributed by atoms with van der Waals surface area (Å²) in [5.74, 6) is -3.44. The van der Waals surface area contributed by atoms with E-state index in [-0.39, 0.29) is 53.5 Å². The molecule has 0 aromatic heterocycles. The van der Waals surface area contributed by atoms with Crippen molar-refractivity contribution < 1.29 is 32.4 Å². The number of nitrogens with one attached hydrogen (secondary N) is 4. The number of carbonyl (C=O) groups is 5. The molecule has 2 aliphatic carbocycles. The van der Waals surface area contributed by atoms with Crippen LogP contribution in [0.15, 0.2) is 43.0 Å². The van der Waals surface area contributed by atoms with Crippen LogP contribution in [0, 0.1) is 23.2 Å². The molecule has 0 spiro atoms.